The van der Waals surface area contributed by atoms with Gasteiger partial charge in [-0.25, -0.2) is 0 Å². The second-order valence-corrected chi connectivity index (χ2v) is 7.00. The van der Waals surface area contributed by atoms with E-state index in [1.165, 1.54) is 10.4 Å². The number of carbonyl (C=O) groups is 1. The Hall–Kier alpha value is -0.640. The van der Waals surface area contributed by atoms with Crippen LogP contribution in [0.15, 0.2) is 34.1 Å². The predicted molar refractivity (Wildman–Crippen MR) is 83.5 cm³/mol. The van der Waals surface area contributed by atoms with Crippen molar-refractivity contribution in [3.63, 3.8) is 0 Å². The van der Waals surface area contributed by atoms with Crippen molar-refractivity contribution in [1.29, 1.82) is 0 Å². The highest BCUT2D eigenvalue weighted by Gasteiger charge is 2.28. The molecule has 4 heteroatoms. The fourth-order valence-corrected chi connectivity index (χ4v) is 4.02. The molecule has 0 spiro atoms. The van der Waals surface area contributed by atoms with Gasteiger partial charge in [-0.3, -0.25) is 4.79 Å². The lowest BCUT2D eigenvalue weighted by molar-refractivity contribution is 0.0951. The molecule has 1 heterocycles. The van der Waals surface area contributed by atoms with Gasteiger partial charge in [-0.15, -0.1) is 11.3 Å². The molecular weight excluding hydrogens is 344 g/mol. The highest BCUT2D eigenvalue weighted by molar-refractivity contribution is 9.10. The summed E-state index contributed by atoms with van der Waals surface area (Å²) in [6.45, 7) is 0. The van der Waals surface area contributed by atoms with Crippen LogP contribution in [0.5, 0.6) is 0 Å². The normalized spacial score (nSPS) is 18.1. The summed E-state index contributed by atoms with van der Waals surface area (Å²) in [5, 5.41) is 2.68. The molecule has 1 aromatic heterocycles. The third-order valence-corrected chi connectivity index (χ3v) is 5.80. The average Bonchev–Trinajstić information content (AvgIpc) is 2.89. The van der Waals surface area contributed by atoms with Crippen LogP contribution < -0.4 is 0 Å². The van der Waals surface area contributed by atoms with Crippen molar-refractivity contribution < 1.29 is 4.79 Å². The van der Waals surface area contributed by atoms with E-state index in [1.54, 1.807) is 17.4 Å². The SMILES string of the molecule is O=C(c1ccc(Br)c(Cl)c1)C1CCCc2sccc21. The lowest BCUT2D eigenvalue weighted by Gasteiger charge is -2.21. The number of thiophene rings is 1. The van der Waals surface area contributed by atoms with Gasteiger partial charge in [0.15, 0.2) is 5.78 Å². The molecule has 0 N–H and O–H groups in total. The van der Waals surface area contributed by atoms with Crippen LogP contribution in [0.25, 0.3) is 0 Å². The third-order valence-electron chi connectivity index (χ3n) is 3.57. The maximum absolute atomic E-state index is 12.7. The van der Waals surface area contributed by atoms with E-state index in [0.717, 1.165) is 23.7 Å². The zero-order valence-electron chi connectivity index (χ0n) is 10.2. The van der Waals surface area contributed by atoms with Crippen LogP contribution in [0.1, 0.15) is 39.6 Å². The number of fused-ring (bicyclic) bond motifs is 1. The zero-order valence-corrected chi connectivity index (χ0v) is 13.3. The van der Waals surface area contributed by atoms with Crippen LogP contribution in [0.4, 0.5) is 0 Å². The number of hydrogen-bond acceptors (Lipinski definition) is 2. The quantitative estimate of drug-likeness (QED) is 0.653. The molecule has 98 valence electrons. The number of hydrogen-bond donors (Lipinski definition) is 0. The van der Waals surface area contributed by atoms with Gasteiger partial charge in [0.05, 0.1) is 5.02 Å². The van der Waals surface area contributed by atoms with Gasteiger partial charge in [0.25, 0.3) is 0 Å². The minimum atomic E-state index is 0.00671. The fourth-order valence-electron chi connectivity index (χ4n) is 2.61. The first kappa shape index (κ1) is 13.3. The summed E-state index contributed by atoms with van der Waals surface area (Å²) in [4.78, 5) is 14.0. The second kappa shape index (κ2) is 5.39. The van der Waals surface area contributed by atoms with Gasteiger partial charge in [-0.05, 0) is 64.3 Å². The van der Waals surface area contributed by atoms with Gasteiger partial charge in [0.2, 0.25) is 0 Å². The molecule has 0 saturated carbocycles. The van der Waals surface area contributed by atoms with Gasteiger partial charge in [-0.1, -0.05) is 17.7 Å². The van der Waals surface area contributed by atoms with Crippen LogP contribution in [0, 0.1) is 0 Å². The minimum absolute atomic E-state index is 0.00671. The first-order chi connectivity index (χ1) is 9.16. The molecule has 1 atom stereocenters. The van der Waals surface area contributed by atoms with Crippen molar-refractivity contribution in [1.82, 2.24) is 0 Å². The van der Waals surface area contributed by atoms with Gasteiger partial charge in [0, 0.05) is 20.8 Å². The van der Waals surface area contributed by atoms with Crippen molar-refractivity contribution in [2.24, 2.45) is 0 Å². The van der Waals surface area contributed by atoms with E-state index in [1.807, 2.05) is 12.1 Å². The maximum atomic E-state index is 12.7. The van der Waals surface area contributed by atoms with Crippen molar-refractivity contribution in [3.05, 3.63) is 55.1 Å². The van der Waals surface area contributed by atoms with Crippen LogP contribution in [-0.4, -0.2) is 5.78 Å². The van der Waals surface area contributed by atoms with Crippen molar-refractivity contribution >= 4 is 44.7 Å². The van der Waals surface area contributed by atoms with Crippen molar-refractivity contribution in [2.75, 3.05) is 0 Å². The van der Waals surface area contributed by atoms with E-state index in [0.29, 0.717) is 10.6 Å². The maximum Gasteiger partial charge on any atom is 0.170 e. The van der Waals surface area contributed by atoms with Crippen LogP contribution in [-0.2, 0) is 6.42 Å². The topological polar surface area (TPSA) is 17.1 Å². The zero-order chi connectivity index (χ0) is 13.4. The monoisotopic (exact) mass is 354 g/mol. The van der Waals surface area contributed by atoms with Crippen LogP contribution >= 0.6 is 38.9 Å². The molecule has 0 saturated heterocycles. The Morgan fingerprint density at radius 3 is 3.00 bits per heavy atom. The number of Topliss-reactive ketones (excluding diaryl/α,β-unsaturated/α-hetero) is 1. The molecule has 3 rings (SSSR count). The Bertz CT molecular complexity index is 635. The Balaban J connectivity index is 1.95. The van der Waals surface area contributed by atoms with Gasteiger partial charge in [0.1, 0.15) is 0 Å². The molecular formula is C15H12BrClOS. The van der Waals surface area contributed by atoms with E-state index in [2.05, 4.69) is 27.4 Å². The van der Waals surface area contributed by atoms with Gasteiger partial charge >= 0.3 is 0 Å². The summed E-state index contributed by atoms with van der Waals surface area (Å²) in [6.07, 6.45) is 3.14. The minimum Gasteiger partial charge on any atom is -0.293 e. The summed E-state index contributed by atoms with van der Waals surface area (Å²) < 4.78 is 0.825. The number of rotatable bonds is 2. The van der Waals surface area contributed by atoms with E-state index >= 15 is 0 Å². The van der Waals surface area contributed by atoms with Crippen LogP contribution in [0.3, 0.4) is 0 Å². The van der Waals surface area contributed by atoms with E-state index in [4.69, 9.17) is 11.6 Å². The molecule has 0 aliphatic heterocycles. The summed E-state index contributed by atoms with van der Waals surface area (Å²) >= 11 is 11.2. The highest BCUT2D eigenvalue weighted by Crippen LogP contribution is 2.37. The largest absolute Gasteiger partial charge is 0.293 e. The Kier molecular flexibility index (Phi) is 3.79. The van der Waals surface area contributed by atoms with Crippen LogP contribution in [0.2, 0.25) is 5.02 Å². The fraction of sp³-hybridized carbons (Fsp3) is 0.267. The lowest BCUT2D eigenvalue weighted by atomic mass is 9.82. The summed E-state index contributed by atoms with van der Waals surface area (Å²) in [5.74, 6) is 0.195. The molecule has 1 aliphatic rings. The number of halogens is 2. The standard InChI is InChI=1S/C15H12BrClOS/c16-12-5-4-9(8-13(12)17)15(18)11-2-1-3-14-10(11)6-7-19-14/h4-8,11H,1-3H2. The smallest absolute Gasteiger partial charge is 0.170 e. The third kappa shape index (κ3) is 2.51. The lowest BCUT2D eigenvalue weighted by Crippen LogP contribution is -2.17. The van der Waals surface area contributed by atoms with E-state index in [9.17, 15) is 4.79 Å². The molecule has 0 fully saturated rings. The summed E-state index contributed by atoms with van der Waals surface area (Å²) in [6, 6.07) is 7.54. The van der Waals surface area contributed by atoms with Gasteiger partial charge < -0.3 is 0 Å². The first-order valence-corrected chi connectivity index (χ1v) is 8.27. The molecule has 0 amide bonds. The number of carbonyl (C=O) groups excluding carboxylic acids is 1. The second-order valence-electron chi connectivity index (χ2n) is 4.74. The molecule has 19 heavy (non-hydrogen) atoms. The first-order valence-electron chi connectivity index (χ1n) is 6.22. The summed E-state index contributed by atoms with van der Waals surface area (Å²) in [5.41, 5.74) is 1.93. The molecule has 1 nitrogen and oxygen atoms in total. The Labute approximate surface area is 129 Å². The predicted octanol–water partition coefficient (Wildman–Crippen LogP) is 5.47. The van der Waals surface area contributed by atoms with Gasteiger partial charge in [-0.2, -0.15) is 0 Å². The summed E-state index contributed by atoms with van der Waals surface area (Å²) in [7, 11) is 0. The Morgan fingerprint density at radius 1 is 1.37 bits per heavy atom. The number of aryl methyl sites for hydroxylation is 1. The number of benzene rings is 1. The molecule has 1 aliphatic carbocycles. The molecule has 0 bridgehead atoms. The van der Waals surface area contributed by atoms with Crippen molar-refractivity contribution in [2.45, 2.75) is 25.2 Å². The van der Waals surface area contributed by atoms with E-state index in [-0.39, 0.29) is 11.7 Å². The van der Waals surface area contributed by atoms with Crippen molar-refractivity contribution in [3.8, 4) is 0 Å². The molecule has 1 aromatic carbocycles. The number of ketones is 1. The Morgan fingerprint density at radius 2 is 2.21 bits per heavy atom. The highest BCUT2D eigenvalue weighted by atomic mass is 79.9. The molecule has 2 aromatic rings. The molecule has 0 radical (unpaired) electrons. The molecule has 1 unspecified atom stereocenters. The average molecular weight is 356 g/mol. The van der Waals surface area contributed by atoms with E-state index < -0.39 is 0 Å².